The number of hydrogen-bond donors (Lipinski definition) is 2. The molecule has 1 atom stereocenters. The molecule has 38 heavy (non-hydrogen) atoms. The van der Waals surface area contributed by atoms with Crippen LogP contribution in [0.25, 0.3) is 0 Å². The highest BCUT2D eigenvalue weighted by Gasteiger charge is 2.40. The van der Waals surface area contributed by atoms with Crippen molar-refractivity contribution in [2.45, 2.75) is 44.7 Å². The normalized spacial score (nSPS) is 17.4. The third-order valence-corrected chi connectivity index (χ3v) is 7.71. The van der Waals surface area contributed by atoms with E-state index in [-0.39, 0.29) is 24.9 Å². The molecule has 1 amide bonds. The van der Waals surface area contributed by atoms with Gasteiger partial charge in [0.1, 0.15) is 5.82 Å². The van der Waals surface area contributed by atoms with Crippen LogP contribution in [0, 0.1) is 5.82 Å². The quantitative estimate of drug-likeness (QED) is 0.371. The maximum atomic E-state index is 14.9. The Labute approximate surface area is 219 Å². The van der Waals surface area contributed by atoms with Crippen molar-refractivity contribution in [1.29, 1.82) is 0 Å². The van der Waals surface area contributed by atoms with E-state index in [1.807, 2.05) is 4.90 Å². The van der Waals surface area contributed by atoms with Crippen LogP contribution in [0.3, 0.4) is 0 Å². The number of nitrogen functional groups attached to an aromatic ring is 1. The monoisotopic (exact) mass is 552 g/mol. The second-order valence-corrected chi connectivity index (χ2v) is 9.97. The number of carbonyl (C=O) groups is 1. The van der Waals surface area contributed by atoms with E-state index in [9.17, 15) is 22.4 Å². The highest BCUT2D eigenvalue weighted by molar-refractivity contribution is 7.13. The van der Waals surface area contributed by atoms with Gasteiger partial charge >= 0.3 is 12.2 Å². The number of rotatable bonds is 4. The molecule has 0 saturated carbocycles. The molecule has 4 heterocycles. The van der Waals surface area contributed by atoms with Gasteiger partial charge in [0.2, 0.25) is 0 Å². The fourth-order valence-electron chi connectivity index (χ4n) is 4.72. The van der Waals surface area contributed by atoms with E-state index in [0.717, 1.165) is 35.5 Å². The van der Waals surface area contributed by atoms with Crippen molar-refractivity contribution >= 4 is 28.7 Å². The molecule has 14 heteroatoms. The number of aromatic nitrogens is 3. The van der Waals surface area contributed by atoms with Crippen LogP contribution < -0.4 is 20.7 Å². The molecule has 9 nitrogen and oxygen atoms in total. The molecule has 3 aromatic rings. The predicted molar refractivity (Wildman–Crippen MR) is 131 cm³/mol. The number of methoxy groups -OCH3 is 1. The number of nitrogens with zero attached hydrogens (tertiary/aromatic N) is 4. The number of benzene rings is 1. The van der Waals surface area contributed by atoms with E-state index in [1.165, 1.54) is 18.4 Å². The summed E-state index contributed by atoms with van der Waals surface area (Å²) in [6.45, 7) is 0.826. The summed E-state index contributed by atoms with van der Waals surface area (Å²) in [5.41, 5.74) is 5.14. The van der Waals surface area contributed by atoms with Gasteiger partial charge in [-0.1, -0.05) is 0 Å². The maximum absolute atomic E-state index is 14.9. The second-order valence-electron chi connectivity index (χ2n) is 8.88. The van der Waals surface area contributed by atoms with Crippen LogP contribution in [0.2, 0.25) is 0 Å². The summed E-state index contributed by atoms with van der Waals surface area (Å²) in [5.74, 6) is -0.927. The standard InChI is InChI=1S/C24H24F4N6O3S/c1-30-21(35)22-31-15-9-34(7-3-4-17(15)38-22)20-11-10-37-16(8-14(11)32-23(33-20)36-2)18-12(24(26,27)28)5-6-13(29)19(18)25/h5-6,16H,3-4,7-10,29H2,1-2H3,(H,30,35). The van der Waals surface area contributed by atoms with Crippen molar-refractivity contribution in [3.63, 3.8) is 0 Å². The van der Waals surface area contributed by atoms with Crippen LogP contribution in [0.4, 0.5) is 29.1 Å². The highest BCUT2D eigenvalue weighted by atomic mass is 32.1. The smallest absolute Gasteiger partial charge is 0.416 e. The molecule has 0 spiro atoms. The molecular weight excluding hydrogens is 528 g/mol. The van der Waals surface area contributed by atoms with Crippen LogP contribution in [0.1, 0.15) is 55.3 Å². The first-order valence-corrected chi connectivity index (χ1v) is 12.6. The van der Waals surface area contributed by atoms with Gasteiger partial charge < -0.3 is 25.4 Å². The average Bonchev–Trinajstić information content (AvgIpc) is 3.19. The Morgan fingerprint density at radius 3 is 2.76 bits per heavy atom. The molecule has 1 unspecified atom stereocenters. The van der Waals surface area contributed by atoms with Crippen molar-refractivity contribution < 1.29 is 31.8 Å². The van der Waals surface area contributed by atoms with Gasteiger partial charge in [-0.25, -0.2) is 9.37 Å². The van der Waals surface area contributed by atoms with E-state index >= 15 is 0 Å². The van der Waals surface area contributed by atoms with Crippen molar-refractivity contribution in [3.8, 4) is 6.01 Å². The summed E-state index contributed by atoms with van der Waals surface area (Å²) in [7, 11) is 2.93. The van der Waals surface area contributed by atoms with Gasteiger partial charge in [0.05, 0.1) is 49.0 Å². The molecule has 0 radical (unpaired) electrons. The average molecular weight is 553 g/mol. The number of alkyl halides is 3. The minimum absolute atomic E-state index is 0.0253. The molecule has 3 N–H and O–H groups in total. The van der Waals surface area contributed by atoms with E-state index in [2.05, 4.69) is 20.3 Å². The predicted octanol–water partition coefficient (Wildman–Crippen LogP) is 3.81. The van der Waals surface area contributed by atoms with Crippen LogP contribution in [-0.4, -0.2) is 41.6 Å². The Hall–Kier alpha value is -3.52. The summed E-state index contributed by atoms with van der Waals surface area (Å²) in [6.07, 6.45) is -4.71. The summed E-state index contributed by atoms with van der Waals surface area (Å²) >= 11 is 1.35. The van der Waals surface area contributed by atoms with Crippen LogP contribution in [0.5, 0.6) is 6.01 Å². The lowest BCUT2D eigenvalue weighted by molar-refractivity contribution is -0.140. The number of thiazole rings is 1. The summed E-state index contributed by atoms with van der Waals surface area (Å²) in [5, 5.41) is 2.95. The van der Waals surface area contributed by atoms with Crippen molar-refractivity contribution in [3.05, 3.63) is 55.9 Å². The third kappa shape index (κ3) is 4.73. The summed E-state index contributed by atoms with van der Waals surface area (Å²) < 4.78 is 67.2. The zero-order valence-electron chi connectivity index (χ0n) is 20.5. The Morgan fingerprint density at radius 2 is 2.05 bits per heavy atom. The first-order chi connectivity index (χ1) is 18.1. The number of hydrogen-bond acceptors (Lipinski definition) is 9. The zero-order valence-corrected chi connectivity index (χ0v) is 21.3. The Morgan fingerprint density at radius 1 is 1.26 bits per heavy atom. The maximum Gasteiger partial charge on any atom is 0.416 e. The summed E-state index contributed by atoms with van der Waals surface area (Å²) in [6, 6.07) is 1.68. The topological polar surface area (TPSA) is 115 Å². The SMILES string of the molecule is CNC(=O)c1nc2c(s1)CCCN(c1nc(OC)nc3c1COC(c1c(C(F)(F)F)ccc(N)c1F)C3)C2. The van der Waals surface area contributed by atoms with Gasteiger partial charge in [-0.3, -0.25) is 4.79 Å². The largest absolute Gasteiger partial charge is 0.467 e. The number of ether oxygens (including phenoxy) is 2. The van der Waals surface area contributed by atoms with E-state index in [1.54, 1.807) is 7.05 Å². The number of carbonyl (C=O) groups excluding carboxylic acids is 1. The molecule has 0 saturated heterocycles. The highest BCUT2D eigenvalue weighted by Crippen LogP contribution is 2.43. The molecule has 0 aliphatic carbocycles. The Bertz CT molecular complexity index is 1400. The fraction of sp³-hybridized carbons (Fsp3) is 0.417. The molecule has 5 rings (SSSR count). The molecule has 1 aromatic carbocycles. The van der Waals surface area contributed by atoms with Crippen LogP contribution in [-0.2, 0) is 36.9 Å². The zero-order chi connectivity index (χ0) is 27.2. The fourth-order valence-corrected chi connectivity index (χ4v) is 5.78. The van der Waals surface area contributed by atoms with Gasteiger partial charge in [0, 0.05) is 36.0 Å². The van der Waals surface area contributed by atoms with Crippen molar-refractivity contribution in [2.24, 2.45) is 0 Å². The van der Waals surface area contributed by atoms with Gasteiger partial charge in [-0.2, -0.15) is 23.1 Å². The summed E-state index contributed by atoms with van der Waals surface area (Å²) in [4.78, 5) is 28.5. The number of nitrogens with two attached hydrogens (primary N) is 1. The molecule has 0 bridgehead atoms. The number of nitrogens with one attached hydrogen (secondary N) is 1. The number of amides is 1. The Balaban J connectivity index is 1.52. The minimum Gasteiger partial charge on any atom is -0.467 e. The number of anilines is 2. The first-order valence-electron chi connectivity index (χ1n) is 11.8. The van der Waals surface area contributed by atoms with E-state index < -0.39 is 34.9 Å². The third-order valence-electron chi connectivity index (χ3n) is 6.55. The molecule has 2 aliphatic rings. The van der Waals surface area contributed by atoms with Crippen LogP contribution >= 0.6 is 11.3 Å². The van der Waals surface area contributed by atoms with Crippen molar-refractivity contribution in [1.82, 2.24) is 20.3 Å². The van der Waals surface area contributed by atoms with Crippen molar-refractivity contribution in [2.75, 3.05) is 31.3 Å². The molecule has 2 aromatic heterocycles. The number of fused-ring (bicyclic) bond motifs is 2. The minimum atomic E-state index is -4.80. The van der Waals surface area contributed by atoms with Gasteiger partial charge in [-0.15, -0.1) is 11.3 Å². The van der Waals surface area contributed by atoms with Gasteiger partial charge in [-0.05, 0) is 25.0 Å². The second kappa shape index (κ2) is 9.98. The van der Waals surface area contributed by atoms with Crippen LogP contribution in [0.15, 0.2) is 12.1 Å². The molecule has 2 aliphatic heterocycles. The van der Waals surface area contributed by atoms with E-state index in [0.29, 0.717) is 35.2 Å². The number of halogens is 4. The van der Waals surface area contributed by atoms with Gasteiger partial charge in [0.25, 0.3) is 5.91 Å². The first kappa shape index (κ1) is 26.1. The van der Waals surface area contributed by atoms with E-state index in [4.69, 9.17) is 15.2 Å². The molecular formula is C24H24F4N6O3S. The Kier molecular flexibility index (Phi) is 6.86. The number of aryl methyl sites for hydroxylation is 1. The lowest BCUT2D eigenvalue weighted by Gasteiger charge is -2.31. The van der Waals surface area contributed by atoms with Gasteiger partial charge in [0.15, 0.2) is 10.8 Å². The lowest BCUT2D eigenvalue weighted by atomic mass is 9.94. The lowest BCUT2D eigenvalue weighted by Crippen LogP contribution is -2.29. The molecule has 202 valence electrons. The molecule has 0 fully saturated rings.